The lowest BCUT2D eigenvalue weighted by Gasteiger charge is -2.25. The number of quaternary nitrogens is 1. The number of carboxylic acids is 1. The van der Waals surface area contributed by atoms with Gasteiger partial charge in [-0.3, -0.25) is 9.59 Å². The maximum absolute atomic E-state index is 12.8. The molecule has 0 radical (unpaired) electrons. The van der Waals surface area contributed by atoms with Gasteiger partial charge in [-0.1, -0.05) is 200 Å². The molecule has 2 atom stereocenters. The molecule has 0 aromatic carbocycles. The van der Waals surface area contributed by atoms with Gasteiger partial charge in [0.1, 0.15) is 13.2 Å². The smallest absolute Gasteiger partial charge is 0.361 e. The average molecular weight is 992 g/mol. The van der Waals surface area contributed by atoms with Crippen LogP contribution in [0.5, 0.6) is 0 Å². The molecule has 0 bridgehead atoms. The topological polar surface area (TPSA) is 108 Å². The number of hydrogen-bond acceptors (Lipinski definition) is 7. The molecule has 0 saturated carbocycles. The van der Waals surface area contributed by atoms with Gasteiger partial charge in [0, 0.05) is 12.8 Å². The van der Waals surface area contributed by atoms with E-state index >= 15 is 0 Å². The predicted molar refractivity (Wildman–Crippen MR) is 299 cm³/mol. The van der Waals surface area contributed by atoms with Crippen molar-refractivity contribution in [3.63, 3.8) is 0 Å². The van der Waals surface area contributed by atoms with Gasteiger partial charge in [-0.25, -0.2) is 4.79 Å². The molecule has 71 heavy (non-hydrogen) atoms. The Bertz CT molecular complexity index is 1530. The molecule has 0 aromatic heterocycles. The summed E-state index contributed by atoms with van der Waals surface area (Å²) < 4.78 is 22.8. The SMILES string of the molecule is CC/C=C\C/C=C\C/C=C\C/C=C\C/C=C\C/C=C\C/C=C\C/C=C\CCCCC(=O)OC(COC(=O)CCCCCCCCCCC/C=C\CCCCCCCC)COC(OCC[N+](C)(C)C)C(=O)O. The van der Waals surface area contributed by atoms with Crippen LogP contribution >= 0.6 is 0 Å². The Morgan fingerprint density at radius 1 is 0.437 bits per heavy atom. The van der Waals surface area contributed by atoms with E-state index in [4.69, 9.17) is 18.9 Å². The van der Waals surface area contributed by atoms with Crippen LogP contribution in [0.1, 0.15) is 206 Å². The number of aliphatic carboxylic acids is 1. The highest BCUT2D eigenvalue weighted by atomic mass is 16.7. The zero-order valence-electron chi connectivity index (χ0n) is 45.8. The average Bonchev–Trinajstić information content (AvgIpc) is 3.34. The Hall–Kier alpha value is -4.05. The largest absolute Gasteiger partial charge is 0.477 e. The highest BCUT2D eigenvalue weighted by molar-refractivity contribution is 5.71. The predicted octanol–water partition coefficient (Wildman–Crippen LogP) is 16.3. The van der Waals surface area contributed by atoms with Gasteiger partial charge in [-0.2, -0.15) is 0 Å². The van der Waals surface area contributed by atoms with E-state index in [9.17, 15) is 19.5 Å². The number of unbranched alkanes of at least 4 members (excludes halogenated alkanes) is 17. The van der Waals surface area contributed by atoms with Crippen molar-refractivity contribution in [2.24, 2.45) is 0 Å². The van der Waals surface area contributed by atoms with Gasteiger partial charge in [0.25, 0.3) is 6.29 Å². The third-order valence-electron chi connectivity index (χ3n) is 11.5. The van der Waals surface area contributed by atoms with Crippen LogP contribution in [0, 0.1) is 0 Å². The molecular weight excluding hydrogens is 887 g/mol. The minimum Gasteiger partial charge on any atom is -0.477 e. The summed E-state index contributed by atoms with van der Waals surface area (Å²) in [5.74, 6) is -2.08. The lowest BCUT2D eigenvalue weighted by atomic mass is 10.1. The first-order valence-corrected chi connectivity index (χ1v) is 28.1. The Morgan fingerprint density at radius 2 is 0.803 bits per heavy atom. The summed E-state index contributed by atoms with van der Waals surface area (Å²) in [5, 5.41) is 9.69. The molecule has 1 N–H and O–H groups in total. The fourth-order valence-electron chi connectivity index (χ4n) is 7.20. The van der Waals surface area contributed by atoms with Gasteiger partial charge in [0.2, 0.25) is 0 Å². The van der Waals surface area contributed by atoms with Crippen molar-refractivity contribution in [1.82, 2.24) is 0 Å². The molecule has 9 nitrogen and oxygen atoms in total. The second-order valence-corrected chi connectivity index (χ2v) is 19.5. The number of esters is 2. The van der Waals surface area contributed by atoms with E-state index in [-0.39, 0.29) is 38.6 Å². The van der Waals surface area contributed by atoms with Gasteiger partial charge >= 0.3 is 17.9 Å². The maximum atomic E-state index is 12.8. The van der Waals surface area contributed by atoms with Crippen LogP contribution in [0.25, 0.3) is 0 Å². The first-order chi connectivity index (χ1) is 34.6. The van der Waals surface area contributed by atoms with Crippen LogP contribution in [0.4, 0.5) is 0 Å². The van der Waals surface area contributed by atoms with Crippen LogP contribution in [0.2, 0.25) is 0 Å². The van der Waals surface area contributed by atoms with Gasteiger partial charge in [-0.05, 0) is 103 Å². The number of hydrogen-bond donors (Lipinski definition) is 1. The molecule has 0 aliphatic carbocycles. The molecular formula is C62H104NO8+. The fourth-order valence-corrected chi connectivity index (χ4v) is 7.20. The third kappa shape index (κ3) is 53.6. The summed E-state index contributed by atoms with van der Waals surface area (Å²) in [4.78, 5) is 37.4. The summed E-state index contributed by atoms with van der Waals surface area (Å²) in [6, 6.07) is 0. The van der Waals surface area contributed by atoms with E-state index in [0.29, 0.717) is 17.4 Å². The van der Waals surface area contributed by atoms with Crippen molar-refractivity contribution in [2.45, 2.75) is 219 Å². The minimum absolute atomic E-state index is 0.173. The van der Waals surface area contributed by atoms with Crippen LogP contribution in [0.15, 0.2) is 109 Å². The number of ether oxygens (including phenoxy) is 4. The van der Waals surface area contributed by atoms with E-state index in [1.165, 1.54) is 89.9 Å². The van der Waals surface area contributed by atoms with Crippen LogP contribution in [-0.4, -0.2) is 87.4 Å². The molecule has 2 unspecified atom stereocenters. The van der Waals surface area contributed by atoms with Crippen molar-refractivity contribution in [2.75, 3.05) is 47.5 Å². The first-order valence-electron chi connectivity index (χ1n) is 28.1. The van der Waals surface area contributed by atoms with Gasteiger partial charge < -0.3 is 28.5 Å². The standard InChI is InChI=1S/C62H103NO8/c1-6-8-10-12-14-16-18-20-22-24-26-27-28-29-30-31-32-33-35-37-39-41-43-45-47-49-51-53-60(65)71-58(57-70-62(61(66)67)68-55-54-63(3,4)5)56-69-59(64)52-50-48-46-44-42-40-38-36-34-25-23-21-19-17-15-13-11-9-7-2/h8,10,14,16,20-23,26-27,29-30,32-33,37,39,43,45,58,62H,6-7,9,11-13,15,17-19,24-25,28,31,34-36,38,40-42,44,46-57H2,1-5H3/p+1/b10-8-,16-14-,22-20-,23-21-,27-26-,30-29-,33-32-,39-37-,45-43-. The Morgan fingerprint density at radius 3 is 1.24 bits per heavy atom. The number of nitrogens with zero attached hydrogens (tertiary/aromatic N) is 1. The number of rotatable bonds is 50. The Kier molecular flexibility index (Phi) is 49.3. The summed E-state index contributed by atoms with van der Waals surface area (Å²) >= 11 is 0. The highest BCUT2D eigenvalue weighted by Gasteiger charge is 2.25. The molecule has 0 aliphatic rings. The van der Waals surface area contributed by atoms with E-state index in [0.717, 1.165) is 83.5 Å². The number of carbonyl (C=O) groups is 3. The van der Waals surface area contributed by atoms with Crippen molar-refractivity contribution in [1.29, 1.82) is 0 Å². The zero-order chi connectivity index (χ0) is 52.0. The summed E-state index contributed by atoms with van der Waals surface area (Å²) in [6.07, 6.45) is 68.8. The van der Waals surface area contributed by atoms with E-state index in [1.807, 2.05) is 21.1 Å². The van der Waals surface area contributed by atoms with Crippen LogP contribution < -0.4 is 0 Å². The van der Waals surface area contributed by atoms with Gasteiger partial charge in [0.15, 0.2) is 6.10 Å². The number of carbonyl (C=O) groups excluding carboxylic acids is 2. The van der Waals surface area contributed by atoms with Gasteiger partial charge in [0.05, 0.1) is 34.4 Å². The van der Waals surface area contributed by atoms with E-state index < -0.39 is 24.3 Å². The van der Waals surface area contributed by atoms with Crippen molar-refractivity contribution < 1.29 is 42.9 Å². The van der Waals surface area contributed by atoms with Crippen molar-refractivity contribution in [3.05, 3.63) is 109 Å². The van der Waals surface area contributed by atoms with E-state index in [1.54, 1.807) is 0 Å². The first kappa shape index (κ1) is 67.0. The molecule has 0 rings (SSSR count). The molecule has 0 aromatic rings. The second-order valence-electron chi connectivity index (χ2n) is 19.5. The monoisotopic (exact) mass is 991 g/mol. The highest BCUT2D eigenvalue weighted by Crippen LogP contribution is 2.14. The molecule has 0 aliphatic heterocycles. The molecule has 0 heterocycles. The third-order valence-corrected chi connectivity index (χ3v) is 11.5. The second kappa shape index (κ2) is 52.3. The molecule has 404 valence electrons. The van der Waals surface area contributed by atoms with Gasteiger partial charge in [-0.15, -0.1) is 0 Å². The van der Waals surface area contributed by atoms with Crippen LogP contribution in [-0.2, 0) is 33.3 Å². The maximum Gasteiger partial charge on any atom is 0.361 e. The van der Waals surface area contributed by atoms with Crippen molar-refractivity contribution >= 4 is 17.9 Å². The summed E-state index contributed by atoms with van der Waals surface area (Å²) in [5.41, 5.74) is 0. The molecule has 0 saturated heterocycles. The quantitative estimate of drug-likeness (QED) is 0.0211. The molecule has 9 heteroatoms. The summed E-state index contributed by atoms with van der Waals surface area (Å²) in [7, 11) is 5.94. The van der Waals surface area contributed by atoms with Crippen LogP contribution in [0.3, 0.4) is 0 Å². The molecule has 0 fully saturated rings. The number of likely N-dealkylation sites (N-methyl/N-ethyl adjacent to an activating group) is 1. The lowest BCUT2D eigenvalue weighted by Crippen LogP contribution is -2.40. The van der Waals surface area contributed by atoms with E-state index in [2.05, 4.69) is 123 Å². The molecule has 0 spiro atoms. The lowest BCUT2D eigenvalue weighted by molar-refractivity contribution is -0.870. The number of carboxylic acid groups (broad SMARTS) is 1. The fraction of sp³-hybridized carbons (Fsp3) is 0.661. The Balaban J connectivity index is 4.41. The normalized spacial score (nSPS) is 13.6. The Labute approximate surface area is 434 Å². The zero-order valence-corrected chi connectivity index (χ0v) is 45.8. The molecule has 0 amide bonds. The number of allylic oxidation sites excluding steroid dienone is 18. The van der Waals surface area contributed by atoms with Crippen molar-refractivity contribution in [3.8, 4) is 0 Å². The summed E-state index contributed by atoms with van der Waals surface area (Å²) in [6.45, 7) is 4.69. The minimum atomic E-state index is -1.53.